The third kappa shape index (κ3) is 1.83. The minimum atomic E-state index is -0.374. The molecule has 0 unspecified atom stereocenters. The van der Waals surface area contributed by atoms with Gasteiger partial charge in [-0.25, -0.2) is 9.89 Å². The van der Waals surface area contributed by atoms with Gasteiger partial charge in [0.15, 0.2) is 0 Å². The molecule has 0 saturated carbocycles. The van der Waals surface area contributed by atoms with E-state index in [4.69, 9.17) is 0 Å². The molecule has 0 spiro atoms. The molecule has 1 amide bonds. The fraction of sp³-hybridized carbons (Fsp3) is 0.444. The van der Waals surface area contributed by atoms with Gasteiger partial charge in [0.05, 0.1) is 19.3 Å². The highest BCUT2D eigenvalue weighted by Crippen LogP contribution is 2.14. The number of ether oxygens (including phenoxy) is 1. The second kappa shape index (κ2) is 3.72. The van der Waals surface area contributed by atoms with Crippen molar-refractivity contribution < 1.29 is 9.53 Å². The van der Waals surface area contributed by atoms with E-state index in [1.165, 1.54) is 13.2 Å². The lowest BCUT2D eigenvalue weighted by molar-refractivity contribution is 0.118. The summed E-state index contributed by atoms with van der Waals surface area (Å²) in [6.07, 6.45) is 0.266. The first-order valence-electron chi connectivity index (χ1n) is 4.61. The van der Waals surface area contributed by atoms with Crippen LogP contribution in [-0.2, 0) is 17.7 Å². The Morgan fingerprint density at radius 2 is 2.47 bits per heavy atom. The first-order valence-corrected chi connectivity index (χ1v) is 4.61. The zero-order valence-corrected chi connectivity index (χ0v) is 8.32. The maximum atomic E-state index is 11.3. The van der Waals surface area contributed by atoms with E-state index in [2.05, 4.69) is 14.9 Å². The van der Waals surface area contributed by atoms with Crippen LogP contribution in [0, 0.1) is 0 Å². The van der Waals surface area contributed by atoms with Crippen LogP contribution in [0.3, 0.4) is 0 Å². The molecule has 0 radical (unpaired) electrons. The standard InChI is InChI=1S/C9H11N3O3/c1-15-9(14)12-3-2-7-6(5-12)4-8(13)11-10-7/h4H,2-3,5H2,1H3,(H,11,13). The smallest absolute Gasteiger partial charge is 0.409 e. The number of fused-ring (bicyclic) bond motifs is 1. The molecule has 0 fully saturated rings. The molecule has 15 heavy (non-hydrogen) atoms. The van der Waals surface area contributed by atoms with E-state index < -0.39 is 0 Å². The van der Waals surface area contributed by atoms with Gasteiger partial charge in [0.1, 0.15) is 0 Å². The van der Waals surface area contributed by atoms with Crippen LogP contribution in [0.5, 0.6) is 0 Å². The second-order valence-corrected chi connectivity index (χ2v) is 3.35. The maximum Gasteiger partial charge on any atom is 0.409 e. The summed E-state index contributed by atoms with van der Waals surface area (Å²) in [5, 5.41) is 6.30. The molecule has 2 rings (SSSR count). The van der Waals surface area contributed by atoms with Crippen LogP contribution in [-0.4, -0.2) is 34.8 Å². The normalized spacial score (nSPS) is 14.6. The fourth-order valence-electron chi connectivity index (χ4n) is 1.63. The number of hydrogen-bond donors (Lipinski definition) is 1. The molecule has 6 nitrogen and oxygen atoms in total. The molecule has 0 atom stereocenters. The lowest BCUT2D eigenvalue weighted by atomic mass is 10.1. The van der Waals surface area contributed by atoms with Crippen LogP contribution in [0.2, 0.25) is 0 Å². The maximum absolute atomic E-state index is 11.3. The van der Waals surface area contributed by atoms with Crippen molar-refractivity contribution in [2.45, 2.75) is 13.0 Å². The fourth-order valence-corrected chi connectivity index (χ4v) is 1.63. The Hall–Kier alpha value is -1.85. The number of nitrogens with zero attached hydrogens (tertiary/aromatic N) is 2. The summed E-state index contributed by atoms with van der Waals surface area (Å²) in [4.78, 5) is 23.8. The van der Waals surface area contributed by atoms with E-state index in [1.807, 2.05) is 0 Å². The van der Waals surface area contributed by atoms with Crippen molar-refractivity contribution >= 4 is 6.09 Å². The van der Waals surface area contributed by atoms with Crippen molar-refractivity contribution in [3.8, 4) is 0 Å². The predicted octanol–water partition coefficient (Wildman–Crippen LogP) is -0.106. The van der Waals surface area contributed by atoms with Gasteiger partial charge in [-0.1, -0.05) is 0 Å². The minimum absolute atomic E-state index is 0.250. The van der Waals surface area contributed by atoms with Gasteiger partial charge in [-0.3, -0.25) is 4.79 Å². The summed E-state index contributed by atoms with van der Waals surface area (Å²) < 4.78 is 4.62. The zero-order chi connectivity index (χ0) is 10.8. The molecule has 1 aliphatic rings. The van der Waals surface area contributed by atoms with Crippen LogP contribution >= 0.6 is 0 Å². The number of methoxy groups -OCH3 is 1. The predicted molar refractivity (Wildman–Crippen MR) is 51.4 cm³/mol. The topological polar surface area (TPSA) is 75.3 Å². The molecule has 1 aromatic rings. The largest absolute Gasteiger partial charge is 0.453 e. The number of hydrogen-bond acceptors (Lipinski definition) is 4. The SMILES string of the molecule is COC(=O)N1CCc2n[nH]c(=O)cc2C1. The molecule has 0 saturated heterocycles. The van der Waals surface area contributed by atoms with Gasteiger partial charge in [-0.2, -0.15) is 5.10 Å². The van der Waals surface area contributed by atoms with Crippen molar-refractivity contribution in [3.05, 3.63) is 27.7 Å². The first kappa shape index (κ1) is 9.70. The third-order valence-corrected chi connectivity index (χ3v) is 2.39. The van der Waals surface area contributed by atoms with Crippen LogP contribution in [0.15, 0.2) is 10.9 Å². The molecular weight excluding hydrogens is 198 g/mol. The Morgan fingerprint density at radius 3 is 3.20 bits per heavy atom. The Labute approximate surface area is 85.9 Å². The Balaban J connectivity index is 2.25. The highest BCUT2D eigenvalue weighted by Gasteiger charge is 2.22. The summed E-state index contributed by atoms with van der Waals surface area (Å²) in [6, 6.07) is 1.47. The molecular formula is C9H11N3O3. The summed E-state index contributed by atoms with van der Waals surface area (Å²) in [6.45, 7) is 0.956. The van der Waals surface area contributed by atoms with E-state index >= 15 is 0 Å². The van der Waals surface area contributed by atoms with E-state index in [0.717, 1.165) is 11.3 Å². The lowest BCUT2D eigenvalue weighted by Crippen LogP contribution is -2.37. The van der Waals surface area contributed by atoms with Crippen molar-refractivity contribution in [2.24, 2.45) is 0 Å². The monoisotopic (exact) mass is 209 g/mol. The van der Waals surface area contributed by atoms with Crippen molar-refractivity contribution in [2.75, 3.05) is 13.7 Å². The molecule has 0 aliphatic carbocycles. The molecule has 0 bridgehead atoms. The Bertz CT molecular complexity index is 440. The van der Waals surface area contributed by atoms with Gasteiger partial charge in [-0.05, 0) is 0 Å². The number of amides is 1. The zero-order valence-electron chi connectivity index (χ0n) is 8.32. The van der Waals surface area contributed by atoms with Crippen LogP contribution in [0.25, 0.3) is 0 Å². The first-order chi connectivity index (χ1) is 7.20. The highest BCUT2D eigenvalue weighted by atomic mass is 16.5. The Kier molecular flexibility index (Phi) is 2.40. The van der Waals surface area contributed by atoms with Crippen LogP contribution < -0.4 is 5.56 Å². The minimum Gasteiger partial charge on any atom is -0.453 e. The number of rotatable bonds is 0. The van der Waals surface area contributed by atoms with Gasteiger partial charge < -0.3 is 9.64 Å². The molecule has 1 aromatic heterocycles. The molecule has 0 aromatic carbocycles. The average molecular weight is 209 g/mol. The number of carbonyl (C=O) groups is 1. The summed E-state index contributed by atoms with van der Waals surface area (Å²) in [5.74, 6) is 0. The molecule has 1 N–H and O–H groups in total. The molecule has 6 heteroatoms. The number of carbonyl (C=O) groups excluding carboxylic acids is 1. The third-order valence-electron chi connectivity index (χ3n) is 2.39. The van der Waals surface area contributed by atoms with Crippen LogP contribution in [0.4, 0.5) is 4.79 Å². The highest BCUT2D eigenvalue weighted by molar-refractivity contribution is 5.67. The van der Waals surface area contributed by atoms with E-state index in [-0.39, 0.29) is 11.7 Å². The second-order valence-electron chi connectivity index (χ2n) is 3.35. The Morgan fingerprint density at radius 1 is 1.67 bits per heavy atom. The van der Waals surface area contributed by atoms with Crippen molar-refractivity contribution in [1.29, 1.82) is 0 Å². The van der Waals surface area contributed by atoms with E-state index in [1.54, 1.807) is 4.90 Å². The number of nitrogens with one attached hydrogen (secondary N) is 1. The van der Waals surface area contributed by atoms with E-state index in [9.17, 15) is 9.59 Å². The van der Waals surface area contributed by atoms with Crippen molar-refractivity contribution in [1.82, 2.24) is 15.1 Å². The van der Waals surface area contributed by atoms with Gasteiger partial charge in [0, 0.05) is 24.6 Å². The number of aromatic amines is 1. The quantitative estimate of drug-likeness (QED) is 0.647. The number of aromatic nitrogens is 2. The van der Waals surface area contributed by atoms with Crippen LogP contribution in [0.1, 0.15) is 11.3 Å². The van der Waals surface area contributed by atoms with Gasteiger partial charge >= 0.3 is 6.09 Å². The molecule has 1 aliphatic heterocycles. The van der Waals surface area contributed by atoms with Gasteiger partial charge in [-0.15, -0.1) is 0 Å². The average Bonchev–Trinajstić information content (AvgIpc) is 2.27. The molecule has 2 heterocycles. The van der Waals surface area contributed by atoms with Crippen molar-refractivity contribution in [3.63, 3.8) is 0 Å². The lowest BCUT2D eigenvalue weighted by Gasteiger charge is -2.26. The summed E-state index contributed by atoms with van der Waals surface area (Å²) in [7, 11) is 1.34. The number of H-pyrrole nitrogens is 1. The van der Waals surface area contributed by atoms with Gasteiger partial charge in [0.2, 0.25) is 0 Å². The molecule has 80 valence electrons. The summed E-state index contributed by atoms with van der Waals surface area (Å²) >= 11 is 0. The van der Waals surface area contributed by atoms with Gasteiger partial charge in [0.25, 0.3) is 5.56 Å². The summed E-state index contributed by atoms with van der Waals surface area (Å²) in [5.41, 5.74) is 1.38. The van der Waals surface area contributed by atoms with E-state index in [0.29, 0.717) is 19.5 Å².